The molecule has 0 saturated carbocycles. The number of unbranched alkanes of at least 4 members (excludes halogenated alkanes) is 3. The molecule has 0 spiro atoms. The lowest BCUT2D eigenvalue weighted by molar-refractivity contribution is 0.302. The quantitative estimate of drug-likeness (QED) is 0.178. The smallest absolute Gasteiger partial charge is 0.336 e. The Kier molecular flexibility index (Phi) is 7.74. The van der Waals surface area contributed by atoms with E-state index in [1.165, 1.54) is 12.8 Å². The van der Waals surface area contributed by atoms with Crippen LogP contribution in [0.3, 0.4) is 0 Å². The third-order valence-electron chi connectivity index (χ3n) is 5.71. The van der Waals surface area contributed by atoms with E-state index in [1.54, 1.807) is 18.2 Å². The molecule has 0 bridgehead atoms. The molecule has 0 unspecified atom stereocenters. The lowest BCUT2D eigenvalue weighted by Crippen LogP contribution is -2.03. The maximum absolute atomic E-state index is 12.3. The summed E-state index contributed by atoms with van der Waals surface area (Å²) in [5, 5.41) is 2.05. The summed E-state index contributed by atoms with van der Waals surface area (Å²) in [4.78, 5) is 12.3. The SMILES string of the molecule is CCCCCCc1cc2c(-c3ccccc3)cc(=O)oc2cc1OCc1ccc(Cl)cc1Cl. The van der Waals surface area contributed by atoms with Gasteiger partial charge in [-0.1, -0.05) is 85.8 Å². The summed E-state index contributed by atoms with van der Waals surface area (Å²) in [5.74, 6) is 0.707. The zero-order valence-electron chi connectivity index (χ0n) is 18.6. The molecule has 0 amide bonds. The first-order valence-corrected chi connectivity index (χ1v) is 12.0. The van der Waals surface area contributed by atoms with Gasteiger partial charge in [0.2, 0.25) is 0 Å². The fourth-order valence-electron chi connectivity index (χ4n) is 3.96. The zero-order valence-corrected chi connectivity index (χ0v) is 20.1. The van der Waals surface area contributed by atoms with Crippen LogP contribution in [0.15, 0.2) is 75.9 Å². The number of benzene rings is 3. The Labute approximate surface area is 203 Å². The minimum Gasteiger partial charge on any atom is -0.488 e. The molecule has 0 radical (unpaired) electrons. The third-order valence-corrected chi connectivity index (χ3v) is 6.30. The first-order valence-electron chi connectivity index (χ1n) is 11.3. The summed E-state index contributed by atoms with van der Waals surface area (Å²) in [6.45, 7) is 2.50. The van der Waals surface area contributed by atoms with Crippen LogP contribution in [-0.2, 0) is 13.0 Å². The normalized spacial score (nSPS) is 11.1. The summed E-state index contributed by atoms with van der Waals surface area (Å²) in [7, 11) is 0. The van der Waals surface area contributed by atoms with Crippen molar-refractivity contribution in [1.29, 1.82) is 0 Å². The predicted molar refractivity (Wildman–Crippen MR) is 137 cm³/mol. The van der Waals surface area contributed by atoms with E-state index in [0.29, 0.717) is 28.0 Å². The molecule has 3 nitrogen and oxygen atoms in total. The van der Waals surface area contributed by atoms with E-state index >= 15 is 0 Å². The molecule has 3 aromatic carbocycles. The van der Waals surface area contributed by atoms with Crippen LogP contribution in [-0.4, -0.2) is 0 Å². The second kappa shape index (κ2) is 10.9. The van der Waals surface area contributed by atoms with E-state index in [2.05, 4.69) is 13.0 Å². The summed E-state index contributed by atoms with van der Waals surface area (Å²) in [6.07, 6.45) is 5.49. The highest BCUT2D eigenvalue weighted by Crippen LogP contribution is 2.34. The molecular weight excluding hydrogens is 455 g/mol. The fraction of sp³-hybridized carbons (Fsp3) is 0.250. The van der Waals surface area contributed by atoms with Crippen LogP contribution in [0.25, 0.3) is 22.1 Å². The van der Waals surface area contributed by atoms with Crippen LogP contribution in [0.1, 0.15) is 43.7 Å². The van der Waals surface area contributed by atoms with Gasteiger partial charge in [-0.05, 0) is 47.7 Å². The van der Waals surface area contributed by atoms with Crippen molar-refractivity contribution in [2.45, 2.75) is 45.6 Å². The summed E-state index contributed by atoms with van der Waals surface area (Å²) < 4.78 is 11.8. The summed E-state index contributed by atoms with van der Waals surface area (Å²) >= 11 is 12.4. The number of ether oxygens (including phenoxy) is 1. The molecule has 0 saturated heterocycles. The van der Waals surface area contributed by atoms with Crippen LogP contribution in [0.2, 0.25) is 10.0 Å². The maximum Gasteiger partial charge on any atom is 0.336 e. The van der Waals surface area contributed by atoms with Crippen molar-refractivity contribution < 1.29 is 9.15 Å². The van der Waals surface area contributed by atoms with Crippen LogP contribution < -0.4 is 10.4 Å². The molecule has 5 heteroatoms. The number of halogens is 2. The second-order valence-corrected chi connectivity index (χ2v) is 8.98. The molecule has 0 atom stereocenters. The number of aryl methyl sites for hydroxylation is 1. The monoisotopic (exact) mass is 480 g/mol. The molecule has 0 N–H and O–H groups in total. The number of fused-ring (bicyclic) bond motifs is 1. The molecule has 1 heterocycles. The Morgan fingerprint density at radius 1 is 0.879 bits per heavy atom. The molecule has 0 aliphatic rings. The fourth-order valence-corrected chi connectivity index (χ4v) is 4.42. The van der Waals surface area contributed by atoms with Crippen LogP contribution in [0, 0.1) is 0 Å². The highest BCUT2D eigenvalue weighted by atomic mass is 35.5. The van der Waals surface area contributed by atoms with Crippen molar-refractivity contribution in [2.75, 3.05) is 0 Å². The van der Waals surface area contributed by atoms with Crippen LogP contribution in [0.5, 0.6) is 5.75 Å². The Morgan fingerprint density at radius 2 is 1.70 bits per heavy atom. The van der Waals surface area contributed by atoms with Crippen molar-refractivity contribution in [3.63, 3.8) is 0 Å². The average molecular weight is 481 g/mol. The molecule has 33 heavy (non-hydrogen) atoms. The largest absolute Gasteiger partial charge is 0.488 e. The maximum atomic E-state index is 12.3. The third kappa shape index (κ3) is 5.79. The minimum atomic E-state index is -0.385. The van der Waals surface area contributed by atoms with Crippen molar-refractivity contribution in [2.24, 2.45) is 0 Å². The van der Waals surface area contributed by atoms with Gasteiger partial charge in [0, 0.05) is 33.1 Å². The van der Waals surface area contributed by atoms with E-state index < -0.39 is 0 Å². The minimum absolute atomic E-state index is 0.298. The van der Waals surface area contributed by atoms with E-state index in [4.69, 9.17) is 32.4 Å². The topological polar surface area (TPSA) is 39.4 Å². The first kappa shape index (κ1) is 23.4. The molecule has 0 aliphatic carbocycles. The van der Waals surface area contributed by atoms with Gasteiger partial charge in [-0.2, -0.15) is 0 Å². The van der Waals surface area contributed by atoms with Gasteiger partial charge in [0.15, 0.2) is 0 Å². The molecular formula is C28H26Cl2O3. The number of rotatable bonds is 9. The standard InChI is InChI=1S/C28H26Cl2O3/c1-2-3-4-6-11-20-14-24-23(19-9-7-5-8-10-19)16-28(31)33-27(24)17-26(20)32-18-21-12-13-22(29)15-25(21)30/h5,7-10,12-17H,2-4,6,11,18H2,1H3. The second-order valence-electron chi connectivity index (χ2n) is 8.14. The van der Waals surface area contributed by atoms with Crippen molar-refractivity contribution >= 4 is 34.2 Å². The highest BCUT2D eigenvalue weighted by molar-refractivity contribution is 6.35. The highest BCUT2D eigenvalue weighted by Gasteiger charge is 2.14. The molecule has 0 aliphatic heterocycles. The van der Waals surface area contributed by atoms with E-state index in [0.717, 1.165) is 46.9 Å². The lowest BCUT2D eigenvalue weighted by Gasteiger charge is -2.15. The Hall–Kier alpha value is -2.75. The van der Waals surface area contributed by atoms with Crippen molar-refractivity contribution in [3.8, 4) is 16.9 Å². The van der Waals surface area contributed by atoms with Crippen molar-refractivity contribution in [3.05, 3.63) is 98.3 Å². The van der Waals surface area contributed by atoms with Gasteiger partial charge in [-0.3, -0.25) is 0 Å². The summed E-state index contributed by atoms with van der Waals surface area (Å²) in [6, 6.07) is 20.8. The van der Waals surface area contributed by atoms with Gasteiger partial charge in [-0.15, -0.1) is 0 Å². The number of hydrogen-bond acceptors (Lipinski definition) is 3. The molecule has 0 fully saturated rings. The van der Waals surface area contributed by atoms with Crippen LogP contribution >= 0.6 is 23.2 Å². The van der Waals surface area contributed by atoms with E-state index in [1.807, 2.05) is 42.5 Å². The van der Waals surface area contributed by atoms with Gasteiger partial charge < -0.3 is 9.15 Å². The van der Waals surface area contributed by atoms with E-state index in [9.17, 15) is 4.79 Å². The van der Waals surface area contributed by atoms with Gasteiger partial charge in [0.1, 0.15) is 17.9 Å². The Balaban J connectivity index is 1.74. The molecule has 4 rings (SSSR count). The predicted octanol–water partition coefficient (Wildman–Crippen LogP) is 8.47. The average Bonchev–Trinajstić information content (AvgIpc) is 2.81. The van der Waals surface area contributed by atoms with Crippen molar-refractivity contribution in [1.82, 2.24) is 0 Å². The Bertz CT molecular complexity index is 1300. The van der Waals surface area contributed by atoms with E-state index in [-0.39, 0.29) is 5.63 Å². The lowest BCUT2D eigenvalue weighted by atomic mass is 9.98. The number of hydrogen-bond donors (Lipinski definition) is 0. The molecule has 170 valence electrons. The van der Waals surface area contributed by atoms with Gasteiger partial charge in [-0.25, -0.2) is 4.79 Å². The zero-order chi connectivity index (χ0) is 23.2. The molecule has 4 aromatic rings. The van der Waals surface area contributed by atoms with Gasteiger partial charge in [0.25, 0.3) is 0 Å². The molecule has 1 aromatic heterocycles. The Morgan fingerprint density at radius 3 is 2.45 bits per heavy atom. The van der Waals surface area contributed by atoms with Gasteiger partial charge in [0.05, 0.1) is 0 Å². The van der Waals surface area contributed by atoms with Gasteiger partial charge >= 0.3 is 5.63 Å². The van der Waals surface area contributed by atoms with Crippen LogP contribution in [0.4, 0.5) is 0 Å². The first-order chi connectivity index (χ1) is 16.0. The summed E-state index contributed by atoms with van der Waals surface area (Å²) in [5.41, 5.74) is 3.91.